The van der Waals surface area contributed by atoms with Gasteiger partial charge in [-0.3, -0.25) is 14.6 Å². The maximum atomic E-state index is 12.5. The van der Waals surface area contributed by atoms with Gasteiger partial charge < -0.3 is 19.7 Å². The normalized spacial score (nSPS) is 31.0. The third-order valence-electron chi connectivity index (χ3n) is 5.57. The van der Waals surface area contributed by atoms with E-state index in [-0.39, 0.29) is 25.2 Å². The molecule has 0 aromatic heterocycles. The third kappa shape index (κ3) is 10.9. The van der Waals surface area contributed by atoms with E-state index in [2.05, 4.69) is 11.7 Å². The van der Waals surface area contributed by atoms with Crippen molar-refractivity contribution in [1.29, 1.82) is 0 Å². The lowest BCUT2D eigenvalue weighted by Crippen LogP contribution is -2.42. The number of aliphatic imine (C=N–C) groups is 1. The molecule has 0 bridgehead atoms. The number of cyclic esters (lactones) is 1. The summed E-state index contributed by atoms with van der Waals surface area (Å²) in [6.07, 6.45) is 13.0. The molecule has 0 aromatic rings. The van der Waals surface area contributed by atoms with Crippen LogP contribution in [0.2, 0.25) is 0 Å². The lowest BCUT2D eigenvalue weighted by Gasteiger charge is -2.32. The second-order valence-electron chi connectivity index (χ2n) is 9.02. The van der Waals surface area contributed by atoms with E-state index in [1.165, 1.54) is 6.92 Å². The molecular weight excluding hydrogens is 434 g/mol. The van der Waals surface area contributed by atoms with Crippen LogP contribution < -0.4 is 0 Å². The molecule has 0 unspecified atom stereocenters. The van der Waals surface area contributed by atoms with Crippen LogP contribution in [0.15, 0.2) is 64.9 Å². The maximum absolute atomic E-state index is 12.5. The first-order chi connectivity index (χ1) is 16.0. The van der Waals surface area contributed by atoms with Crippen LogP contribution in [-0.2, 0) is 19.1 Å². The molecule has 0 saturated heterocycles. The minimum Gasteiger partial charge on any atom is -0.457 e. The quantitative estimate of drug-likeness (QED) is 0.246. The Hall–Kier alpha value is -2.77. The van der Waals surface area contributed by atoms with E-state index in [1.54, 1.807) is 25.3 Å². The number of rotatable bonds is 7. The van der Waals surface area contributed by atoms with Crippen LogP contribution in [0.25, 0.3) is 0 Å². The first-order valence-electron chi connectivity index (χ1n) is 11.5. The highest BCUT2D eigenvalue weighted by Gasteiger charge is 2.34. The van der Waals surface area contributed by atoms with Gasteiger partial charge in [0.1, 0.15) is 17.8 Å². The summed E-state index contributed by atoms with van der Waals surface area (Å²) in [6.45, 7) is 12.0. The van der Waals surface area contributed by atoms with Gasteiger partial charge in [-0.05, 0) is 64.5 Å². The Kier molecular flexibility index (Phi) is 12.5. The van der Waals surface area contributed by atoms with Crippen molar-refractivity contribution < 1.29 is 29.3 Å². The van der Waals surface area contributed by atoms with Crippen molar-refractivity contribution in [2.75, 3.05) is 0 Å². The van der Waals surface area contributed by atoms with E-state index in [0.717, 1.165) is 17.6 Å². The Balaban J connectivity index is 3.13. The number of carbonyl (C=O) groups excluding carboxylic acids is 2. The fourth-order valence-corrected chi connectivity index (χ4v) is 3.53. The molecule has 1 heterocycles. The number of hydrogen-bond donors (Lipinski definition) is 2. The average Bonchev–Trinajstić information content (AvgIpc) is 2.75. The Morgan fingerprint density at radius 2 is 2.00 bits per heavy atom. The monoisotopic (exact) mass is 473 g/mol. The number of aliphatic hydroxyl groups excluding tert-OH is 1. The molecule has 34 heavy (non-hydrogen) atoms. The van der Waals surface area contributed by atoms with Gasteiger partial charge in [0.05, 0.1) is 12.5 Å². The van der Waals surface area contributed by atoms with E-state index in [9.17, 15) is 19.8 Å². The van der Waals surface area contributed by atoms with E-state index in [1.807, 2.05) is 51.2 Å². The zero-order chi connectivity index (χ0) is 25.7. The summed E-state index contributed by atoms with van der Waals surface area (Å²) < 4.78 is 11.1. The molecule has 188 valence electrons. The van der Waals surface area contributed by atoms with Gasteiger partial charge in [-0.2, -0.15) is 0 Å². The number of carbonyl (C=O) groups is 2. The van der Waals surface area contributed by atoms with Crippen LogP contribution in [0.4, 0.5) is 0 Å². The number of ether oxygens (including phenoxy) is 2. The van der Waals surface area contributed by atoms with E-state index < -0.39 is 35.9 Å². The molecule has 5 atom stereocenters. The van der Waals surface area contributed by atoms with Crippen molar-refractivity contribution in [2.24, 2.45) is 10.9 Å². The van der Waals surface area contributed by atoms with E-state index in [0.29, 0.717) is 0 Å². The molecule has 0 aromatic carbocycles. The number of hydrogen-bond acceptors (Lipinski definition) is 7. The summed E-state index contributed by atoms with van der Waals surface area (Å²) in [6, 6.07) is 0. The van der Waals surface area contributed by atoms with Gasteiger partial charge in [-0.15, -0.1) is 0 Å². The summed E-state index contributed by atoms with van der Waals surface area (Å²) in [7, 11) is 0. The standard InChI is InChI=1S/C27H39NO6/c1-19(11-9-17-28-6)10-7-8-12-20(2)26-21(3)13-14-24(33-22(4)29)27(5,32)16-15-23(30)18-25(31)34-26/h7-9,11-14,17,21,23-24,26,30,32H,6,10,15-16,18H2,1-5H3/b8-7+,14-13+,17-9-,19-11+,20-12+/t21-,23+,24-,26+,27+/m0/s1. The van der Waals surface area contributed by atoms with Gasteiger partial charge in [0.15, 0.2) is 0 Å². The van der Waals surface area contributed by atoms with Gasteiger partial charge >= 0.3 is 11.9 Å². The minimum atomic E-state index is -1.39. The fourth-order valence-electron chi connectivity index (χ4n) is 3.53. The highest BCUT2D eigenvalue weighted by atomic mass is 16.6. The van der Waals surface area contributed by atoms with Crippen LogP contribution in [0.3, 0.4) is 0 Å². The topological polar surface area (TPSA) is 105 Å². The third-order valence-corrected chi connectivity index (χ3v) is 5.57. The van der Waals surface area contributed by atoms with Crippen LogP contribution in [0.1, 0.15) is 60.3 Å². The molecule has 0 fully saturated rings. The van der Waals surface area contributed by atoms with Crippen molar-refractivity contribution in [3.63, 3.8) is 0 Å². The second-order valence-corrected chi connectivity index (χ2v) is 9.02. The molecule has 0 saturated carbocycles. The maximum Gasteiger partial charge on any atom is 0.309 e. The predicted molar refractivity (Wildman–Crippen MR) is 134 cm³/mol. The molecule has 7 heteroatoms. The molecule has 1 rings (SSSR count). The van der Waals surface area contributed by atoms with Crippen LogP contribution >= 0.6 is 0 Å². The summed E-state index contributed by atoms with van der Waals surface area (Å²) in [5.41, 5.74) is 0.576. The summed E-state index contributed by atoms with van der Waals surface area (Å²) in [5, 5.41) is 21.1. The van der Waals surface area contributed by atoms with Gasteiger partial charge in [0.25, 0.3) is 0 Å². The Morgan fingerprint density at radius 3 is 2.65 bits per heavy atom. The molecule has 1 aliphatic rings. The average molecular weight is 474 g/mol. The molecule has 7 nitrogen and oxygen atoms in total. The van der Waals surface area contributed by atoms with Gasteiger partial charge in [-0.1, -0.05) is 42.9 Å². The summed E-state index contributed by atoms with van der Waals surface area (Å²) >= 11 is 0. The molecule has 0 amide bonds. The molecule has 0 spiro atoms. The number of nitrogens with zero attached hydrogens (tertiary/aromatic N) is 1. The van der Waals surface area contributed by atoms with Gasteiger partial charge in [0.2, 0.25) is 0 Å². The Bertz CT molecular complexity index is 849. The van der Waals surface area contributed by atoms with E-state index in [4.69, 9.17) is 9.47 Å². The summed E-state index contributed by atoms with van der Waals surface area (Å²) in [5.74, 6) is -1.29. The predicted octanol–water partition coefficient (Wildman–Crippen LogP) is 4.37. The Labute approximate surface area is 203 Å². The minimum absolute atomic E-state index is 0.152. The van der Waals surface area contributed by atoms with Gasteiger partial charge in [0, 0.05) is 19.0 Å². The first kappa shape index (κ1) is 29.3. The summed E-state index contributed by atoms with van der Waals surface area (Å²) in [4.78, 5) is 27.7. The molecule has 0 radical (unpaired) electrons. The van der Waals surface area contributed by atoms with Crippen molar-refractivity contribution in [3.05, 3.63) is 59.9 Å². The molecule has 2 N–H and O–H groups in total. The van der Waals surface area contributed by atoms with E-state index >= 15 is 0 Å². The number of aliphatic hydroxyl groups is 2. The van der Waals surface area contributed by atoms with Crippen molar-refractivity contribution >= 4 is 18.7 Å². The Morgan fingerprint density at radius 1 is 1.29 bits per heavy atom. The molecule has 0 aliphatic carbocycles. The zero-order valence-corrected chi connectivity index (χ0v) is 20.9. The SMILES string of the molecule is C=N/C=C\C=C(/C)C/C=C/C=C(\C)[C@H]1OC(=O)C[C@H](O)CC[C@@](C)(O)[C@@H](OC(C)=O)/C=C/[C@@H]1C. The van der Waals surface area contributed by atoms with Gasteiger partial charge in [-0.25, -0.2) is 0 Å². The van der Waals surface area contributed by atoms with Crippen LogP contribution in [0.5, 0.6) is 0 Å². The van der Waals surface area contributed by atoms with Crippen molar-refractivity contribution in [1.82, 2.24) is 0 Å². The second kappa shape index (κ2) is 14.5. The molecular formula is C27H39NO6. The lowest BCUT2D eigenvalue weighted by molar-refractivity contribution is -0.157. The molecule has 1 aliphatic heterocycles. The largest absolute Gasteiger partial charge is 0.457 e. The first-order valence-corrected chi connectivity index (χ1v) is 11.5. The lowest BCUT2D eigenvalue weighted by atomic mass is 9.88. The van der Waals surface area contributed by atoms with Crippen LogP contribution in [0, 0.1) is 5.92 Å². The van der Waals surface area contributed by atoms with Crippen LogP contribution in [-0.4, -0.2) is 52.8 Å². The smallest absolute Gasteiger partial charge is 0.309 e. The highest BCUT2D eigenvalue weighted by Crippen LogP contribution is 2.26. The highest BCUT2D eigenvalue weighted by molar-refractivity contribution is 5.70. The number of esters is 2. The zero-order valence-electron chi connectivity index (χ0n) is 20.9. The number of allylic oxidation sites excluding steroid dienone is 6. The van der Waals surface area contributed by atoms with Crippen molar-refractivity contribution in [3.8, 4) is 0 Å². The fraction of sp³-hybridized carbons (Fsp3) is 0.519. The van der Waals surface area contributed by atoms with Crippen molar-refractivity contribution in [2.45, 2.75) is 84.2 Å².